The van der Waals surface area contributed by atoms with Gasteiger partial charge >= 0.3 is 0 Å². The van der Waals surface area contributed by atoms with Crippen LogP contribution in [0.15, 0.2) is 53.4 Å². The largest absolute Gasteiger partial charge is 0.497 e. The fourth-order valence-electron chi connectivity index (χ4n) is 5.61. The summed E-state index contributed by atoms with van der Waals surface area (Å²) in [5.41, 5.74) is 3.58. The van der Waals surface area contributed by atoms with E-state index in [0.29, 0.717) is 5.25 Å². The molecule has 4 unspecified atom stereocenters. The van der Waals surface area contributed by atoms with E-state index in [1.807, 2.05) is 42.3 Å². The summed E-state index contributed by atoms with van der Waals surface area (Å²) >= 11 is 1.67. The van der Waals surface area contributed by atoms with Gasteiger partial charge < -0.3 is 15.0 Å². The van der Waals surface area contributed by atoms with Crippen molar-refractivity contribution in [3.05, 3.63) is 70.1 Å². The van der Waals surface area contributed by atoms with Crippen LogP contribution in [0.2, 0.25) is 0 Å². The van der Waals surface area contributed by atoms with E-state index in [2.05, 4.69) is 29.6 Å². The standard InChI is InChI=1S/C28H32N2O3S/c1-30-24-17-20(27(31)29-23-12-6-9-19-8-3-4-11-22(19)23)13-14-25(24)34-26(28(30)32)16-18-7-5-10-21(15-18)33-2/h3-5,7-8,10-11,15-16,20,23-25H,6,9,12-14,17H2,1-2H3,(H,29,31)/b26-16-. The third-order valence-electron chi connectivity index (χ3n) is 7.51. The van der Waals surface area contributed by atoms with Crippen LogP contribution in [0, 0.1) is 5.92 Å². The number of carbonyl (C=O) groups excluding carboxylic acids is 2. The molecule has 0 aromatic heterocycles. The van der Waals surface area contributed by atoms with Gasteiger partial charge in [0.05, 0.1) is 18.1 Å². The number of aryl methyl sites for hydroxylation is 1. The minimum absolute atomic E-state index is 0.0383. The first-order valence-electron chi connectivity index (χ1n) is 12.2. The van der Waals surface area contributed by atoms with E-state index in [-0.39, 0.29) is 29.8 Å². The zero-order valence-electron chi connectivity index (χ0n) is 19.8. The highest BCUT2D eigenvalue weighted by atomic mass is 32.2. The highest BCUT2D eigenvalue weighted by Crippen LogP contribution is 2.43. The fraction of sp³-hybridized carbons (Fsp3) is 0.429. The lowest BCUT2D eigenvalue weighted by Gasteiger charge is -2.44. The van der Waals surface area contributed by atoms with E-state index in [0.717, 1.165) is 54.7 Å². The number of methoxy groups -OCH3 is 1. The summed E-state index contributed by atoms with van der Waals surface area (Å²) in [6, 6.07) is 16.4. The second kappa shape index (κ2) is 9.87. The highest BCUT2D eigenvalue weighted by Gasteiger charge is 2.43. The molecule has 1 saturated heterocycles. The van der Waals surface area contributed by atoms with Crippen molar-refractivity contribution in [2.24, 2.45) is 5.92 Å². The summed E-state index contributed by atoms with van der Waals surface area (Å²) in [7, 11) is 3.53. The third-order valence-corrected chi connectivity index (χ3v) is 8.91. The normalized spacial score (nSPS) is 27.6. The van der Waals surface area contributed by atoms with Crippen molar-refractivity contribution >= 4 is 29.7 Å². The average molecular weight is 477 g/mol. The van der Waals surface area contributed by atoms with E-state index < -0.39 is 0 Å². The van der Waals surface area contributed by atoms with Gasteiger partial charge in [0.1, 0.15) is 5.75 Å². The summed E-state index contributed by atoms with van der Waals surface area (Å²) in [6.45, 7) is 0. The quantitative estimate of drug-likeness (QED) is 0.633. The molecular formula is C28H32N2O3S. The maximum Gasteiger partial charge on any atom is 0.260 e. The molecule has 2 aliphatic carbocycles. The summed E-state index contributed by atoms with van der Waals surface area (Å²) in [5, 5.41) is 3.66. The Balaban J connectivity index is 1.26. The molecular weight excluding hydrogens is 444 g/mol. The van der Waals surface area contributed by atoms with Gasteiger partial charge in [0.15, 0.2) is 0 Å². The molecule has 2 amide bonds. The van der Waals surface area contributed by atoms with Crippen molar-refractivity contribution in [3.8, 4) is 5.75 Å². The molecule has 0 spiro atoms. The van der Waals surface area contributed by atoms with Crippen LogP contribution in [0.3, 0.4) is 0 Å². The van der Waals surface area contributed by atoms with Gasteiger partial charge in [0.2, 0.25) is 5.91 Å². The molecule has 178 valence electrons. The van der Waals surface area contributed by atoms with Crippen LogP contribution in [0.25, 0.3) is 6.08 Å². The van der Waals surface area contributed by atoms with Crippen molar-refractivity contribution in [1.82, 2.24) is 10.2 Å². The van der Waals surface area contributed by atoms with Crippen LogP contribution in [-0.2, 0) is 16.0 Å². The number of nitrogens with one attached hydrogen (secondary N) is 1. The van der Waals surface area contributed by atoms with Gasteiger partial charge in [-0.15, -0.1) is 11.8 Å². The van der Waals surface area contributed by atoms with E-state index >= 15 is 0 Å². The Morgan fingerprint density at radius 2 is 2.00 bits per heavy atom. The number of nitrogens with zero attached hydrogens (tertiary/aromatic N) is 1. The number of likely N-dealkylation sites (N-methyl/N-ethyl adjacent to an activating group) is 1. The molecule has 0 bridgehead atoms. The molecule has 3 aliphatic rings. The zero-order valence-corrected chi connectivity index (χ0v) is 20.6. The van der Waals surface area contributed by atoms with E-state index in [9.17, 15) is 9.59 Å². The lowest BCUT2D eigenvalue weighted by molar-refractivity contribution is -0.132. The van der Waals surface area contributed by atoms with E-state index in [4.69, 9.17) is 4.74 Å². The smallest absolute Gasteiger partial charge is 0.260 e. The summed E-state index contributed by atoms with van der Waals surface area (Å²) in [6.07, 6.45) is 7.67. The maximum absolute atomic E-state index is 13.3. The number of fused-ring (bicyclic) bond motifs is 2. The van der Waals surface area contributed by atoms with Crippen molar-refractivity contribution in [2.75, 3.05) is 14.2 Å². The number of amides is 2. The summed E-state index contributed by atoms with van der Waals surface area (Å²) in [4.78, 5) is 29.1. The van der Waals surface area contributed by atoms with Crippen LogP contribution in [0.1, 0.15) is 54.8 Å². The first-order chi connectivity index (χ1) is 16.5. The molecule has 1 aliphatic heterocycles. The monoisotopic (exact) mass is 476 g/mol. The first-order valence-corrected chi connectivity index (χ1v) is 13.1. The van der Waals surface area contributed by atoms with Crippen molar-refractivity contribution in [3.63, 3.8) is 0 Å². The van der Waals surface area contributed by atoms with Gasteiger partial charge in [0, 0.05) is 24.3 Å². The molecule has 2 aromatic carbocycles. The number of benzene rings is 2. The van der Waals surface area contributed by atoms with Crippen LogP contribution >= 0.6 is 11.8 Å². The Bertz CT molecular complexity index is 1110. The van der Waals surface area contributed by atoms with Crippen molar-refractivity contribution in [1.29, 1.82) is 0 Å². The lowest BCUT2D eigenvalue weighted by Crippen LogP contribution is -2.52. The maximum atomic E-state index is 13.3. The predicted octanol–water partition coefficient (Wildman–Crippen LogP) is 4.97. The molecule has 1 N–H and O–H groups in total. The molecule has 6 heteroatoms. The Morgan fingerprint density at radius 3 is 2.85 bits per heavy atom. The van der Waals surface area contributed by atoms with Crippen LogP contribution in [0.4, 0.5) is 0 Å². The fourth-order valence-corrected chi connectivity index (χ4v) is 7.09. The molecule has 5 rings (SSSR count). The third kappa shape index (κ3) is 4.61. The zero-order chi connectivity index (χ0) is 23.7. The van der Waals surface area contributed by atoms with Crippen LogP contribution < -0.4 is 10.1 Å². The average Bonchev–Trinajstić information content (AvgIpc) is 2.87. The Morgan fingerprint density at radius 1 is 1.15 bits per heavy atom. The summed E-state index contributed by atoms with van der Waals surface area (Å²) < 4.78 is 5.32. The second-order valence-corrected chi connectivity index (χ2v) is 10.9. The molecule has 1 saturated carbocycles. The molecule has 2 fully saturated rings. The number of carbonyl (C=O) groups is 2. The topological polar surface area (TPSA) is 58.6 Å². The minimum Gasteiger partial charge on any atom is -0.497 e. The minimum atomic E-state index is -0.0462. The summed E-state index contributed by atoms with van der Waals surface area (Å²) in [5.74, 6) is 0.913. The van der Waals surface area contributed by atoms with Gasteiger partial charge in [-0.05, 0) is 73.4 Å². The molecule has 34 heavy (non-hydrogen) atoms. The number of hydrogen-bond donors (Lipinski definition) is 1. The Kier molecular flexibility index (Phi) is 6.68. The molecule has 0 radical (unpaired) electrons. The van der Waals surface area contributed by atoms with Gasteiger partial charge in [-0.25, -0.2) is 0 Å². The number of ether oxygens (including phenoxy) is 1. The lowest BCUT2D eigenvalue weighted by atomic mass is 9.82. The number of hydrogen-bond acceptors (Lipinski definition) is 4. The molecule has 4 atom stereocenters. The molecule has 5 nitrogen and oxygen atoms in total. The van der Waals surface area contributed by atoms with Gasteiger partial charge in [0.25, 0.3) is 5.91 Å². The molecule has 1 heterocycles. The van der Waals surface area contributed by atoms with Crippen LogP contribution in [0.5, 0.6) is 5.75 Å². The predicted molar refractivity (Wildman–Crippen MR) is 137 cm³/mol. The van der Waals surface area contributed by atoms with Crippen molar-refractivity contribution in [2.45, 2.75) is 55.9 Å². The highest BCUT2D eigenvalue weighted by molar-refractivity contribution is 8.04. The SMILES string of the molecule is COc1cccc(/C=C2\SC3CCC(C(=O)NC4CCCc5ccccc54)CC3N(C)C2=O)c1. The number of thioether (sulfide) groups is 1. The van der Waals surface area contributed by atoms with Crippen LogP contribution in [-0.4, -0.2) is 42.2 Å². The van der Waals surface area contributed by atoms with Crippen molar-refractivity contribution < 1.29 is 14.3 Å². The second-order valence-electron chi connectivity index (χ2n) is 9.59. The number of rotatable bonds is 4. The Labute approximate surface area is 205 Å². The van der Waals surface area contributed by atoms with E-state index in [1.165, 1.54) is 11.1 Å². The van der Waals surface area contributed by atoms with Gasteiger partial charge in [-0.1, -0.05) is 36.4 Å². The first kappa shape index (κ1) is 23.0. The van der Waals surface area contributed by atoms with Gasteiger partial charge in [-0.3, -0.25) is 9.59 Å². The van der Waals surface area contributed by atoms with Gasteiger partial charge in [-0.2, -0.15) is 0 Å². The molecule has 2 aromatic rings. The Hall–Kier alpha value is -2.73. The van der Waals surface area contributed by atoms with E-state index in [1.54, 1.807) is 18.9 Å².